The van der Waals surface area contributed by atoms with Gasteiger partial charge in [-0.25, -0.2) is 8.42 Å². The van der Waals surface area contributed by atoms with Crippen molar-refractivity contribution in [1.29, 1.82) is 0 Å². The largest absolute Gasteiger partial charge is 0.490 e. The molecule has 4 rings (SSSR count). The summed E-state index contributed by atoms with van der Waals surface area (Å²) in [6.45, 7) is 3.35. The second-order valence-electron chi connectivity index (χ2n) is 7.53. The fraction of sp³-hybridized carbons (Fsp3) is 0.381. The number of benzene rings is 2. The lowest BCUT2D eigenvalue weighted by molar-refractivity contribution is -0.117. The lowest BCUT2D eigenvalue weighted by Crippen LogP contribution is -2.41. The lowest BCUT2D eigenvalue weighted by Gasteiger charge is -2.16. The van der Waals surface area contributed by atoms with Gasteiger partial charge in [-0.15, -0.1) is 0 Å². The molecule has 1 amide bonds. The highest BCUT2D eigenvalue weighted by Crippen LogP contribution is 2.32. The molecule has 2 heterocycles. The van der Waals surface area contributed by atoms with E-state index in [2.05, 4.69) is 20.9 Å². The molecule has 166 valence electrons. The van der Waals surface area contributed by atoms with E-state index in [0.29, 0.717) is 30.4 Å². The van der Waals surface area contributed by atoms with Crippen LogP contribution in [0.1, 0.15) is 31.4 Å². The summed E-state index contributed by atoms with van der Waals surface area (Å²) in [5, 5.41) is 2.78. The molecule has 2 atom stereocenters. The number of amides is 1. The van der Waals surface area contributed by atoms with Crippen molar-refractivity contribution in [3.05, 3.63) is 48.0 Å². The normalized spacial score (nSPS) is 19.5. The van der Waals surface area contributed by atoms with E-state index in [1.54, 1.807) is 12.1 Å². The maximum absolute atomic E-state index is 12.8. The van der Waals surface area contributed by atoms with Gasteiger partial charge in [-0.2, -0.15) is 4.72 Å². The van der Waals surface area contributed by atoms with Gasteiger partial charge in [-0.1, -0.05) is 12.1 Å². The smallest absolute Gasteiger partial charge is 0.242 e. The number of anilines is 1. The molecule has 31 heavy (non-hydrogen) atoms. The molecule has 1 saturated heterocycles. The average molecular weight is 447 g/mol. The van der Waals surface area contributed by atoms with Crippen LogP contribution in [-0.2, 0) is 14.8 Å². The second-order valence-corrected chi connectivity index (χ2v) is 9.24. The minimum absolute atomic E-state index is 0.0122. The Morgan fingerprint density at radius 2 is 1.94 bits per heavy atom. The number of carbonyl (C=O) groups is 1. The molecular weight excluding hydrogens is 420 g/mol. The first-order valence-electron chi connectivity index (χ1n) is 10.2. The first kappa shape index (κ1) is 21.6. The number of nitrogens with one attached hydrogen (secondary N) is 4. The molecule has 2 aromatic rings. The molecule has 9 nitrogen and oxygen atoms in total. The van der Waals surface area contributed by atoms with Crippen LogP contribution in [0.5, 0.6) is 11.5 Å². The van der Waals surface area contributed by atoms with Crippen LogP contribution in [0.15, 0.2) is 47.4 Å². The van der Waals surface area contributed by atoms with E-state index < -0.39 is 22.0 Å². The fourth-order valence-electron chi connectivity index (χ4n) is 3.48. The molecule has 4 N–H and O–H groups in total. The summed E-state index contributed by atoms with van der Waals surface area (Å²) < 4.78 is 39.1. The van der Waals surface area contributed by atoms with Crippen LogP contribution in [-0.4, -0.2) is 40.1 Å². The molecule has 2 aliphatic heterocycles. The molecule has 0 bridgehead atoms. The molecule has 2 aromatic carbocycles. The Kier molecular flexibility index (Phi) is 6.42. The van der Waals surface area contributed by atoms with Crippen LogP contribution in [0.2, 0.25) is 0 Å². The quantitative estimate of drug-likeness (QED) is 0.533. The molecule has 0 saturated carbocycles. The van der Waals surface area contributed by atoms with Crippen LogP contribution in [0.4, 0.5) is 5.69 Å². The molecular formula is C21H26N4O5S. The van der Waals surface area contributed by atoms with Gasteiger partial charge in [-0.05, 0) is 43.2 Å². The van der Waals surface area contributed by atoms with Gasteiger partial charge in [0.25, 0.3) is 0 Å². The van der Waals surface area contributed by atoms with Gasteiger partial charge in [0.15, 0.2) is 11.5 Å². The monoisotopic (exact) mass is 446 g/mol. The zero-order valence-electron chi connectivity index (χ0n) is 17.2. The molecule has 0 aliphatic carbocycles. The van der Waals surface area contributed by atoms with Gasteiger partial charge in [0.2, 0.25) is 15.9 Å². The third-order valence-corrected chi connectivity index (χ3v) is 6.68. The Labute approximate surface area is 181 Å². The van der Waals surface area contributed by atoms with Gasteiger partial charge >= 0.3 is 0 Å². The van der Waals surface area contributed by atoms with Crippen LogP contribution in [0.3, 0.4) is 0 Å². The molecule has 2 aliphatic rings. The van der Waals surface area contributed by atoms with Crippen LogP contribution in [0.25, 0.3) is 0 Å². The Bertz CT molecular complexity index is 1050. The number of hydrogen-bond donors (Lipinski definition) is 4. The van der Waals surface area contributed by atoms with Gasteiger partial charge in [-0.3, -0.25) is 15.6 Å². The highest BCUT2D eigenvalue weighted by atomic mass is 32.2. The Balaban J connectivity index is 1.42. The predicted octanol–water partition coefficient (Wildman–Crippen LogP) is 1.69. The van der Waals surface area contributed by atoms with Crippen LogP contribution < -0.4 is 30.4 Å². The average Bonchev–Trinajstić information content (AvgIpc) is 3.19. The fourth-order valence-corrected chi connectivity index (χ4v) is 4.70. The number of fused-ring (bicyclic) bond motifs is 1. The van der Waals surface area contributed by atoms with Gasteiger partial charge in [0, 0.05) is 30.8 Å². The number of rotatable bonds is 6. The topological polar surface area (TPSA) is 118 Å². The Morgan fingerprint density at radius 3 is 2.71 bits per heavy atom. The van der Waals surface area contributed by atoms with E-state index >= 15 is 0 Å². The van der Waals surface area contributed by atoms with Crippen molar-refractivity contribution in [2.24, 2.45) is 0 Å². The first-order chi connectivity index (χ1) is 14.9. The van der Waals surface area contributed by atoms with E-state index in [1.165, 1.54) is 19.1 Å². The van der Waals surface area contributed by atoms with E-state index in [0.717, 1.165) is 24.9 Å². The maximum Gasteiger partial charge on any atom is 0.242 e. The maximum atomic E-state index is 12.8. The van der Waals surface area contributed by atoms with Crippen molar-refractivity contribution in [2.45, 2.75) is 36.7 Å². The van der Waals surface area contributed by atoms with Crippen LogP contribution >= 0.6 is 0 Å². The van der Waals surface area contributed by atoms with E-state index in [9.17, 15) is 13.2 Å². The third-order valence-electron chi connectivity index (χ3n) is 5.15. The standard InChI is InChI=1S/C21H26N4O5S/c1-14(21(26)23-16-5-2-4-15(12-16)18-8-9-22-24-18)25-31(27,28)17-6-7-19-20(13-17)30-11-3-10-29-19/h2,4-7,12-14,18,22,24-25H,3,8-11H2,1H3,(H,23,26)/t14-,18?/m0/s1. The summed E-state index contributed by atoms with van der Waals surface area (Å²) in [5.74, 6) is 0.436. The molecule has 1 unspecified atom stereocenters. The van der Waals surface area contributed by atoms with Crippen molar-refractivity contribution in [1.82, 2.24) is 15.6 Å². The minimum atomic E-state index is -3.93. The number of hydrazine groups is 1. The number of sulfonamides is 1. The molecule has 10 heteroatoms. The highest BCUT2D eigenvalue weighted by molar-refractivity contribution is 7.89. The van der Waals surface area contributed by atoms with E-state index in [-0.39, 0.29) is 10.9 Å². The lowest BCUT2D eigenvalue weighted by atomic mass is 10.0. The van der Waals surface area contributed by atoms with Gasteiger partial charge in [0.05, 0.1) is 24.2 Å². The SMILES string of the molecule is C[C@H](NS(=O)(=O)c1ccc2c(c1)OCCCO2)C(=O)Nc1cccc(C2CCNN2)c1. The van der Waals surface area contributed by atoms with Gasteiger partial charge in [0.1, 0.15) is 0 Å². The second kappa shape index (κ2) is 9.23. The Morgan fingerprint density at radius 1 is 1.13 bits per heavy atom. The molecule has 1 fully saturated rings. The predicted molar refractivity (Wildman–Crippen MR) is 115 cm³/mol. The van der Waals surface area contributed by atoms with Crippen molar-refractivity contribution in [3.63, 3.8) is 0 Å². The summed E-state index contributed by atoms with van der Waals surface area (Å²) in [5.41, 5.74) is 7.91. The first-order valence-corrected chi connectivity index (χ1v) is 11.7. The van der Waals surface area contributed by atoms with Gasteiger partial charge < -0.3 is 14.8 Å². The summed E-state index contributed by atoms with van der Waals surface area (Å²) in [4.78, 5) is 12.6. The zero-order valence-corrected chi connectivity index (χ0v) is 18.0. The van der Waals surface area contributed by atoms with E-state index in [4.69, 9.17) is 9.47 Å². The van der Waals surface area contributed by atoms with Crippen molar-refractivity contribution >= 4 is 21.6 Å². The highest BCUT2D eigenvalue weighted by Gasteiger charge is 2.24. The van der Waals surface area contributed by atoms with E-state index in [1.807, 2.05) is 18.2 Å². The van der Waals surface area contributed by atoms with Crippen LogP contribution in [0, 0.1) is 0 Å². The zero-order chi connectivity index (χ0) is 21.8. The number of ether oxygens (including phenoxy) is 2. The third kappa shape index (κ3) is 5.16. The molecule has 0 radical (unpaired) electrons. The Hall–Kier alpha value is -2.66. The molecule has 0 aromatic heterocycles. The summed E-state index contributed by atoms with van der Waals surface area (Å²) in [6, 6.07) is 11.1. The minimum Gasteiger partial charge on any atom is -0.490 e. The summed E-state index contributed by atoms with van der Waals surface area (Å²) in [6.07, 6.45) is 1.67. The van der Waals surface area contributed by atoms with Crippen molar-refractivity contribution in [2.75, 3.05) is 25.1 Å². The van der Waals surface area contributed by atoms with Crippen molar-refractivity contribution < 1.29 is 22.7 Å². The number of hydrogen-bond acceptors (Lipinski definition) is 7. The molecule has 0 spiro atoms. The van der Waals surface area contributed by atoms with Crippen molar-refractivity contribution in [3.8, 4) is 11.5 Å². The summed E-state index contributed by atoms with van der Waals surface area (Å²) >= 11 is 0. The summed E-state index contributed by atoms with van der Waals surface area (Å²) in [7, 11) is -3.93. The number of carbonyl (C=O) groups excluding carboxylic acids is 1.